The van der Waals surface area contributed by atoms with Crippen molar-refractivity contribution in [3.63, 3.8) is 0 Å². The summed E-state index contributed by atoms with van der Waals surface area (Å²) in [5.41, 5.74) is 0. The van der Waals surface area contributed by atoms with Crippen LogP contribution in [0.3, 0.4) is 0 Å². The van der Waals surface area contributed by atoms with Crippen LogP contribution in [0, 0.1) is 0 Å². The van der Waals surface area contributed by atoms with Crippen LogP contribution in [0.4, 0.5) is 0 Å². The van der Waals surface area contributed by atoms with Crippen molar-refractivity contribution in [1.82, 2.24) is 0 Å². The smallest absolute Gasteiger partial charge is 0.306 e. The summed E-state index contributed by atoms with van der Waals surface area (Å²) in [4.78, 5) is 38.3. The van der Waals surface area contributed by atoms with E-state index in [4.69, 9.17) is 14.2 Å². The minimum Gasteiger partial charge on any atom is -0.462 e. The number of carbonyl (C=O) groups excluding carboxylic acids is 3. The summed E-state index contributed by atoms with van der Waals surface area (Å²) in [6, 6.07) is 0. The highest BCUT2D eigenvalue weighted by atomic mass is 16.6. The monoisotopic (exact) mass is 1140 g/mol. The van der Waals surface area contributed by atoms with Gasteiger partial charge in [0.05, 0.1) is 0 Å². The van der Waals surface area contributed by atoms with Gasteiger partial charge in [-0.05, 0) is 83.5 Å². The van der Waals surface area contributed by atoms with Crippen molar-refractivity contribution < 1.29 is 28.6 Å². The topological polar surface area (TPSA) is 78.9 Å². The molecule has 0 rings (SSSR count). The van der Waals surface area contributed by atoms with Crippen molar-refractivity contribution in [1.29, 1.82) is 0 Å². The number of unbranched alkanes of at least 4 members (excludes halogenated alkanes) is 48. The van der Waals surface area contributed by atoms with Gasteiger partial charge in [0.15, 0.2) is 6.10 Å². The van der Waals surface area contributed by atoms with E-state index in [2.05, 4.69) is 69.4 Å². The van der Waals surface area contributed by atoms with Gasteiger partial charge in [-0.25, -0.2) is 0 Å². The Labute approximate surface area is 505 Å². The molecule has 0 saturated carbocycles. The van der Waals surface area contributed by atoms with Gasteiger partial charge in [-0.2, -0.15) is 0 Å². The Hall–Kier alpha value is -2.63. The summed E-state index contributed by atoms with van der Waals surface area (Å²) >= 11 is 0. The number of ether oxygens (including phenoxy) is 3. The summed E-state index contributed by atoms with van der Waals surface area (Å²) < 4.78 is 16.9. The van der Waals surface area contributed by atoms with E-state index in [1.165, 1.54) is 276 Å². The first-order valence-corrected chi connectivity index (χ1v) is 36.1. The normalized spacial score (nSPS) is 12.3. The Morgan fingerprint density at radius 2 is 0.444 bits per heavy atom. The number of carbonyl (C=O) groups is 3. The Bertz CT molecular complexity index is 1400. The van der Waals surface area contributed by atoms with Gasteiger partial charge in [-0.15, -0.1) is 0 Å². The number of allylic oxidation sites excluding steroid dienone is 8. The van der Waals surface area contributed by atoms with E-state index in [9.17, 15) is 14.4 Å². The predicted octanol–water partition coefficient (Wildman–Crippen LogP) is 24.9. The fourth-order valence-electron chi connectivity index (χ4n) is 10.9. The summed E-state index contributed by atoms with van der Waals surface area (Å²) in [6.45, 7) is 6.65. The van der Waals surface area contributed by atoms with Gasteiger partial charge < -0.3 is 14.2 Å². The van der Waals surface area contributed by atoms with Gasteiger partial charge in [0.1, 0.15) is 13.2 Å². The molecule has 0 fully saturated rings. The first-order valence-electron chi connectivity index (χ1n) is 36.1. The van der Waals surface area contributed by atoms with Crippen LogP contribution in [-0.4, -0.2) is 37.2 Å². The molecule has 6 nitrogen and oxygen atoms in total. The highest BCUT2D eigenvalue weighted by molar-refractivity contribution is 5.71. The van der Waals surface area contributed by atoms with Crippen LogP contribution in [0.1, 0.15) is 393 Å². The zero-order chi connectivity index (χ0) is 58.5. The van der Waals surface area contributed by atoms with E-state index in [1.54, 1.807) is 0 Å². The SMILES string of the molecule is CCCCC/C=C\C/C=C\C/C=C\CCCCCCCCC(=O)OC(COC(=O)CCCCCCCCCCCCC)COC(=O)CCCCCCCCCCCCCCCCCCCCCCC/C=C\CCCCCCCCCC. The molecular weight excluding hydrogens is 997 g/mol. The molecule has 0 aliphatic rings. The molecule has 0 aromatic heterocycles. The van der Waals surface area contributed by atoms with Crippen molar-refractivity contribution in [3.05, 3.63) is 48.6 Å². The minimum atomic E-state index is -0.778. The fourth-order valence-corrected chi connectivity index (χ4v) is 10.9. The van der Waals surface area contributed by atoms with Crippen LogP contribution >= 0.6 is 0 Å². The molecule has 0 saturated heterocycles. The number of hydrogen-bond acceptors (Lipinski definition) is 6. The maximum Gasteiger partial charge on any atom is 0.306 e. The zero-order valence-electron chi connectivity index (χ0n) is 54.6. The summed E-state index contributed by atoms with van der Waals surface area (Å²) in [6.07, 6.45) is 88.8. The lowest BCUT2D eigenvalue weighted by Gasteiger charge is -2.18. The summed E-state index contributed by atoms with van der Waals surface area (Å²) in [7, 11) is 0. The molecule has 0 heterocycles. The molecule has 0 spiro atoms. The van der Waals surface area contributed by atoms with E-state index in [-0.39, 0.29) is 31.1 Å². The standard InChI is InChI=1S/C75H138O6/c1-4-7-10-13-16-19-22-24-26-28-30-31-32-33-34-35-36-37-38-39-40-41-42-43-45-46-48-50-53-56-59-62-65-68-74(77)80-71-72(70-79-73(76)67-64-61-58-55-52-21-18-15-12-9-6-3)81-75(78)69-66-63-60-57-54-51-49-47-44-29-27-25-23-20-17-14-11-8-5-2/h17,20,25,27-28,30,44,47,72H,4-16,18-19,21-24,26,29,31-43,45-46,48-71H2,1-3H3/b20-17-,27-25-,30-28-,47-44-. The molecular formula is C75H138O6. The van der Waals surface area contributed by atoms with Crippen LogP contribution < -0.4 is 0 Å². The van der Waals surface area contributed by atoms with Gasteiger partial charge in [-0.3, -0.25) is 14.4 Å². The fraction of sp³-hybridized carbons (Fsp3) is 0.853. The second kappa shape index (κ2) is 69.9. The largest absolute Gasteiger partial charge is 0.462 e. The molecule has 1 atom stereocenters. The Morgan fingerprint density at radius 1 is 0.247 bits per heavy atom. The third kappa shape index (κ3) is 68.0. The third-order valence-corrected chi connectivity index (χ3v) is 16.3. The number of esters is 3. The Kier molecular flexibility index (Phi) is 67.6. The molecule has 0 N–H and O–H groups in total. The molecule has 0 radical (unpaired) electrons. The van der Waals surface area contributed by atoms with Crippen LogP contribution in [0.15, 0.2) is 48.6 Å². The van der Waals surface area contributed by atoms with Gasteiger partial charge in [0.25, 0.3) is 0 Å². The number of rotatable bonds is 67. The van der Waals surface area contributed by atoms with Crippen molar-refractivity contribution in [2.24, 2.45) is 0 Å². The third-order valence-electron chi connectivity index (χ3n) is 16.3. The molecule has 81 heavy (non-hydrogen) atoms. The first-order chi connectivity index (χ1) is 40.0. The lowest BCUT2D eigenvalue weighted by molar-refractivity contribution is -0.167. The van der Waals surface area contributed by atoms with Crippen LogP contribution in [0.2, 0.25) is 0 Å². The molecule has 1 unspecified atom stereocenters. The van der Waals surface area contributed by atoms with Gasteiger partial charge in [0.2, 0.25) is 0 Å². The van der Waals surface area contributed by atoms with Crippen LogP contribution in [-0.2, 0) is 28.6 Å². The van der Waals surface area contributed by atoms with Crippen molar-refractivity contribution in [3.8, 4) is 0 Å². The van der Waals surface area contributed by atoms with Gasteiger partial charge in [-0.1, -0.05) is 339 Å². The summed E-state index contributed by atoms with van der Waals surface area (Å²) in [5.74, 6) is -0.862. The van der Waals surface area contributed by atoms with E-state index >= 15 is 0 Å². The average molecular weight is 1140 g/mol. The number of hydrogen-bond donors (Lipinski definition) is 0. The lowest BCUT2D eigenvalue weighted by Crippen LogP contribution is -2.30. The second-order valence-corrected chi connectivity index (χ2v) is 24.5. The molecule has 0 amide bonds. The minimum absolute atomic E-state index is 0.0735. The van der Waals surface area contributed by atoms with Crippen LogP contribution in [0.5, 0.6) is 0 Å². The van der Waals surface area contributed by atoms with E-state index in [1.807, 2.05) is 0 Å². The average Bonchev–Trinajstić information content (AvgIpc) is 3.47. The lowest BCUT2D eigenvalue weighted by atomic mass is 10.0. The summed E-state index contributed by atoms with van der Waals surface area (Å²) in [5, 5.41) is 0. The van der Waals surface area contributed by atoms with Gasteiger partial charge >= 0.3 is 17.9 Å². The maximum atomic E-state index is 12.9. The predicted molar refractivity (Wildman–Crippen MR) is 353 cm³/mol. The zero-order valence-corrected chi connectivity index (χ0v) is 54.6. The van der Waals surface area contributed by atoms with E-state index < -0.39 is 6.10 Å². The van der Waals surface area contributed by atoms with Crippen molar-refractivity contribution >= 4 is 17.9 Å². The Balaban J connectivity index is 4.10. The Morgan fingerprint density at radius 3 is 0.728 bits per heavy atom. The van der Waals surface area contributed by atoms with Crippen molar-refractivity contribution in [2.45, 2.75) is 399 Å². The quantitative estimate of drug-likeness (QED) is 0.0261. The molecule has 0 aromatic carbocycles. The molecule has 6 heteroatoms. The van der Waals surface area contributed by atoms with E-state index in [0.717, 1.165) is 77.0 Å². The highest BCUT2D eigenvalue weighted by Gasteiger charge is 2.19. The molecule has 0 bridgehead atoms. The maximum absolute atomic E-state index is 12.9. The van der Waals surface area contributed by atoms with Gasteiger partial charge in [0, 0.05) is 19.3 Å². The van der Waals surface area contributed by atoms with Crippen molar-refractivity contribution in [2.75, 3.05) is 13.2 Å². The van der Waals surface area contributed by atoms with Crippen LogP contribution in [0.25, 0.3) is 0 Å². The molecule has 474 valence electrons. The molecule has 0 aromatic rings. The first kappa shape index (κ1) is 78.4. The molecule has 0 aliphatic heterocycles. The molecule has 0 aliphatic carbocycles. The second-order valence-electron chi connectivity index (χ2n) is 24.5. The van der Waals surface area contributed by atoms with E-state index in [0.29, 0.717) is 19.3 Å². The highest BCUT2D eigenvalue weighted by Crippen LogP contribution is 2.18.